The molecule has 0 aliphatic carbocycles. The Kier molecular flexibility index (Phi) is 10.4. The molecule has 0 spiro atoms. The topological polar surface area (TPSA) is 18.5 Å². The lowest BCUT2D eigenvalue weighted by atomic mass is 10.1. The molecule has 2 nitrogen and oxygen atoms in total. The number of ether oxygens (including phenoxy) is 2. The van der Waals surface area contributed by atoms with Crippen LogP contribution >= 0.6 is 0 Å². The molecule has 1 aromatic carbocycles. The van der Waals surface area contributed by atoms with Gasteiger partial charge in [0.05, 0.1) is 13.2 Å². The van der Waals surface area contributed by atoms with Gasteiger partial charge in [0.15, 0.2) is 0 Å². The summed E-state index contributed by atoms with van der Waals surface area (Å²) in [7, 11) is 0. The Morgan fingerprint density at radius 2 is 1.53 bits per heavy atom. The van der Waals surface area contributed by atoms with Crippen LogP contribution in [-0.4, -0.2) is 26.4 Å². The quantitative estimate of drug-likeness (QED) is 0.530. The molecule has 19 heavy (non-hydrogen) atoms. The lowest BCUT2D eigenvalue weighted by molar-refractivity contribution is 0.0455. The standard InChI is InChI=1S/C17H27O2/c1-2-3-4-8-13-18-15-16-19-14-9-12-17-10-6-5-7-11-17/h6-7,10-11H,2-4,8-9,12-16H2,1H3. The highest BCUT2D eigenvalue weighted by atomic mass is 16.5. The minimum Gasteiger partial charge on any atom is -0.379 e. The maximum Gasteiger partial charge on any atom is 0.0700 e. The molecule has 0 atom stereocenters. The van der Waals surface area contributed by atoms with Crippen molar-refractivity contribution in [1.29, 1.82) is 0 Å². The fourth-order valence-electron chi connectivity index (χ4n) is 1.92. The summed E-state index contributed by atoms with van der Waals surface area (Å²) >= 11 is 0. The summed E-state index contributed by atoms with van der Waals surface area (Å²) in [6.45, 7) is 5.37. The van der Waals surface area contributed by atoms with Crippen LogP contribution in [0.25, 0.3) is 0 Å². The van der Waals surface area contributed by atoms with E-state index in [2.05, 4.69) is 25.1 Å². The van der Waals surface area contributed by atoms with Gasteiger partial charge in [0.2, 0.25) is 0 Å². The molecule has 0 aliphatic rings. The molecule has 0 unspecified atom stereocenters. The molecule has 0 saturated carbocycles. The zero-order valence-electron chi connectivity index (χ0n) is 12.2. The van der Waals surface area contributed by atoms with Gasteiger partial charge in [-0.25, -0.2) is 0 Å². The Morgan fingerprint density at radius 1 is 0.842 bits per heavy atom. The number of benzene rings is 1. The van der Waals surface area contributed by atoms with Crippen molar-refractivity contribution < 1.29 is 9.47 Å². The molecule has 2 heteroatoms. The molecule has 0 fully saturated rings. The Morgan fingerprint density at radius 3 is 2.21 bits per heavy atom. The van der Waals surface area contributed by atoms with E-state index in [1.807, 2.05) is 12.1 Å². The van der Waals surface area contributed by atoms with Gasteiger partial charge >= 0.3 is 0 Å². The molecule has 0 N–H and O–H groups in total. The first-order chi connectivity index (χ1) is 9.43. The third-order valence-corrected chi connectivity index (χ3v) is 3.06. The highest BCUT2D eigenvalue weighted by Gasteiger charge is 1.94. The van der Waals surface area contributed by atoms with Crippen molar-refractivity contribution in [3.8, 4) is 0 Å². The SMILES string of the molecule is CCCCCCOCCOCCCc1cc[c]cc1. The summed E-state index contributed by atoms with van der Waals surface area (Å²) in [5.41, 5.74) is 1.36. The van der Waals surface area contributed by atoms with Crippen LogP contribution < -0.4 is 0 Å². The van der Waals surface area contributed by atoms with Crippen LogP contribution in [0, 0.1) is 6.07 Å². The van der Waals surface area contributed by atoms with Gasteiger partial charge in [-0.1, -0.05) is 50.5 Å². The normalized spacial score (nSPS) is 10.8. The number of hydrogen-bond acceptors (Lipinski definition) is 2. The average Bonchev–Trinajstić information content (AvgIpc) is 2.46. The van der Waals surface area contributed by atoms with Crippen LogP contribution in [0.5, 0.6) is 0 Å². The summed E-state index contributed by atoms with van der Waals surface area (Å²) in [6, 6.07) is 11.2. The average molecular weight is 263 g/mol. The van der Waals surface area contributed by atoms with Gasteiger partial charge in [0.25, 0.3) is 0 Å². The van der Waals surface area contributed by atoms with E-state index in [1.165, 1.54) is 31.2 Å². The van der Waals surface area contributed by atoms with Crippen LogP contribution in [0.1, 0.15) is 44.6 Å². The van der Waals surface area contributed by atoms with Gasteiger partial charge in [-0.2, -0.15) is 0 Å². The lowest BCUT2D eigenvalue weighted by Crippen LogP contribution is -2.06. The van der Waals surface area contributed by atoms with E-state index in [-0.39, 0.29) is 0 Å². The first-order valence-electron chi connectivity index (χ1n) is 7.54. The summed E-state index contributed by atoms with van der Waals surface area (Å²) in [5.74, 6) is 0. The van der Waals surface area contributed by atoms with Crippen molar-refractivity contribution in [3.63, 3.8) is 0 Å². The zero-order chi connectivity index (χ0) is 13.6. The fourth-order valence-corrected chi connectivity index (χ4v) is 1.92. The van der Waals surface area contributed by atoms with E-state index in [4.69, 9.17) is 9.47 Å². The second-order valence-corrected chi connectivity index (χ2v) is 4.80. The molecule has 1 radical (unpaired) electrons. The molecule has 0 aliphatic heterocycles. The molecule has 0 saturated heterocycles. The first-order valence-corrected chi connectivity index (χ1v) is 7.54. The third-order valence-electron chi connectivity index (χ3n) is 3.06. The van der Waals surface area contributed by atoms with Gasteiger partial charge in [-0.05, 0) is 30.9 Å². The minimum absolute atomic E-state index is 0.719. The Hall–Kier alpha value is -0.860. The van der Waals surface area contributed by atoms with Crippen molar-refractivity contribution in [2.45, 2.75) is 45.4 Å². The lowest BCUT2D eigenvalue weighted by Gasteiger charge is -2.06. The zero-order valence-corrected chi connectivity index (χ0v) is 12.2. The number of aryl methyl sites for hydroxylation is 1. The largest absolute Gasteiger partial charge is 0.379 e. The minimum atomic E-state index is 0.719. The third kappa shape index (κ3) is 9.69. The molecule has 0 amide bonds. The van der Waals surface area contributed by atoms with Crippen molar-refractivity contribution >= 4 is 0 Å². The van der Waals surface area contributed by atoms with Gasteiger partial charge in [0, 0.05) is 13.2 Å². The molecular weight excluding hydrogens is 236 g/mol. The highest BCUT2D eigenvalue weighted by Crippen LogP contribution is 2.02. The smallest absolute Gasteiger partial charge is 0.0700 e. The molecule has 1 rings (SSSR count). The highest BCUT2D eigenvalue weighted by molar-refractivity contribution is 5.13. The summed E-state index contributed by atoms with van der Waals surface area (Å²) < 4.78 is 11.1. The van der Waals surface area contributed by atoms with Crippen molar-refractivity contribution in [2.75, 3.05) is 26.4 Å². The molecule has 0 heterocycles. The predicted octanol–water partition coefficient (Wildman–Crippen LogP) is 4.03. The van der Waals surface area contributed by atoms with Crippen LogP contribution in [0.4, 0.5) is 0 Å². The molecule has 1 aromatic rings. The Labute approximate surface area is 118 Å². The maximum absolute atomic E-state index is 5.55. The van der Waals surface area contributed by atoms with Crippen LogP contribution in [0.15, 0.2) is 24.3 Å². The monoisotopic (exact) mass is 263 g/mol. The van der Waals surface area contributed by atoms with Crippen LogP contribution in [0.3, 0.4) is 0 Å². The number of hydrogen-bond donors (Lipinski definition) is 0. The number of rotatable bonds is 12. The molecule has 107 valence electrons. The molecular formula is C17H27O2. The molecule has 0 aromatic heterocycles. The predicted molar refractivity (Wildman–Crippen MR) is 79.4 cm³/mol. The fraction of sp³-hybridized carbons (Fsp3) is 0.647. The summed E-state index contributed by atoms with van der Waals surface area (Å²) in [4.78, 5) is 0. The Balaban J connectivity index is 1.79. The van der Waals surface area contributed by atoms with Gasteiger partial charge < -0.3 is 9.47 Å². The van der Waals surface area contributed by atoms with Crippen molar-refractivity contribution in [3.05, 3.63) is 35.9 Å². The van der Waals surface area contributed by atoms with Crippen molar-refractivity contribution in [1.82, 2.24) is 0 Å². The van der Waals surface area contributed by atoms with E-state index in [1.54, 1.807) is 0 Å². The van der Waals surface area contributed by atoms with Crippen LogP contribution in [0.2, 0.25) is 0 Å². The van der Waals surface area contributed by atoms with E-state index in [9.17, 15) is 0 Å². The summed E-state index contributed by atoms with van der Waals surface area (Å²) in [5, 5.41) is 0. The second kappa shape index (κ2) is 12.2. The van der Waals surface area contributed by atoms with E-state index in [0.29, 0.717) is 0 Å². The van der Waals surface area contributed by atoms with Crippen LogP contribution in [-0.2, 0) is 15.9 Å². The van der Waals surface area contributed by atoms with E-state index >= 15 is 0 Å². The second-order valence-electron chi connectivity index (χ2n) is 4.80. The molecule has 0 bridgehead atoms. The van der Waals surface area contributed by atoms with Gasteiger partial charge in [0.1, 0.15) is 0 Å². The van der Waals surface area contributed by atoms with Gasteiger partial charge in [-0.3, -0.25) is 0 Å². The number of unbranched alkanes of at least 4 members (excludes halogenated alkanes) is 3. The summed E-state index contributed by atoms with van der Waals surface area (Å²) in [6.07, 6.45) is 7.21. The Bertz CT molecular complexity index is 285. The first kappa shape index (κ1) is 16.2. The van der Waals surface area contributed by atoms with E-state index in [0.717, 1.165) is 39.3 Å². The maximum atomic E-state index is 5.55. The van der Waals surface area contributed by atoms with Gasteiger partial charge in [-0.15, -0.1) is 0 Å². The van der Waals surface area contributed by atoms with Crippen molar-refractivity contribution in [2.24, 2.45) is 0 Å². The van der Waals surface area contributed by atoms with E-state index < -0.39 is 0 Å².